The largest absolute Gasteiger partial charge is 0.346 e. The maximum atomic E-state index is 6.18. The van der Waals surface area contributed by atoms with Crippen LogP contribution in [0.4, 0.5) is 5.82 Å². The van der Waals surface area contributed by atoms with E-state index in [0.29, 0.717) is 5.92 Å². The average Bonchev–Trinajstić information content (AvgIpc) is 3.29. The second kappa shape index (κ2) is 6.91. The molecule has 1 saturated heterocycles. The van der Waals surface area contributed by atoms with Gasteiger partial charge < -0.3 is 4.98 Å². The Morgan fingerprint density at radius 2 is 2.44 bits per heavy atom. The zero-order valence-corrected chi connectivity index (χ0v) is 14.7. The van der Waals surface area contributed by atoms with Crippen molar-refractivity contribution in [2.75, 3.05) is 13.1 Å². The minimum atomic E-state index is 0.300. The number of hydrogen-bond donors (Lipinski definition) is 2. The maximum Gasteiger partial charge on any atom is 0.141 e. The molecule has 4 rings (SSSR count). The van der Waals surface area contributed by atoms with Crippen LogP contribution >= 0.6 is 11.3 Å². The highest BCUT2D eigenvalue weighted by molar-refractivity contribution is 7.09. The summed E-state index contributed by atoms with van der Waals surface area (Å²) < 4.78 is 0. The fourth-order valence-electron chi connectivity index (χ4n) is 3.61. The molecule has 1 fully saturated rings. The molecule has 1 atom stereocenters. The van der Waals surface area contributed by atoms with Crippen LogP contribution in [0.5, 0.6) is 0 Å². The number of H-pyrrole nitrogens is 1. The van der Waals surface area contributed by atoms with Crippen LogP contribution in [0.3, 0.4) is 0 Å². The Kier molecular flexibility index (Phi) is 4.48. The monoisotopic (exact) mass is 355 g/mol. The number of likely N-dealkylation sites (tertiary alicyclic amines) is 1. The van der Waals surface area contributed by atoms with Crippen LogP contribution in [0.15, 0.2) is 39.7 Å². The lowest BCUT2D eigenvalue weighted by molar-refractivity contribution is 0.184. The molecule has 2 aromatic rings. The second-order valence-corrected chi connectivity index (χ2v) is 7.30. The second-order valence-electron chi connectivity index (χ2n) is 6.33. The van der Waals surface area contributed by atoms with Crippen molar-refractivity contribution < 1.29 is 0 Å². The molecular weight excluding hydrogens is 334 g/mol. The predicted octanol–water partition coefficient (Wildman–Crippen LogP) is 2.60. The molecule has 7 nitrogen and oxygen atoms in total. The molecule has 3 N–H and O–H groups in total. The van der Waals surface area contributed by atoms with Crippen molar-refractivity contribution in [2.45, 2.75) is 19.4 Å². The summed E-state index contributed by atoms with van der Waals surface area (Å²) >= 11 is 1.70. The number of piperidine rings is 1. The van der Waals surface area contributed by atoms with Crippen LogP contribution in [-0.2, 0) is 6.54 Å². The Morgan fingerprint density at radius 3 is 3.24 bits per heavy atom. The molecule has 2 aliphatic rings. The summed E-state index contributed by atoms with van der Waals surface area (Å²) in [6, 6.07) is 1.99. The molecule has 2 aromatic heterocycles. The summed E-state index contributed by atoms with van der Waals surface area (Å²) in [5.74, 6) is 7.30. The third kappa shape index (κ3) is 3.15. The Bertz CT molecular complexity index is 805. The van der Waals surface area contributed by atoms with Crippen molar-refractivity contribution in [1.82, 2.24) is 19.9 Å². The average molecular weight is 355 g/mol. The van der Waals surface area contributed by atoms with Crippen LogP contribution < -0.4 is 5.84 Å². The molecule has 2 aliphatic heterocycles. The lowest BCUT2D eigenvalue weighted by Crippen LogP contribution is -2.37. The van der Waals surface area contributed by atoms with Crippen molar-refractivity contribution in [2.24, 2.45) is 21.7 Å². The molecule has 8 heteroatoms. The van der Waals surface area contributed by atoms with E-state index < -0.39 is 0 Å². The molecule has 0 radical (unpaired) electrons. The van der Waals surface area contributed by atoms with E-state index in [9.17, 15) is 0 Å². The van der Waals surface area contributed by atoms with Gasteiger partial charge in [0.15, 0.2) is 0 Å². The van der Waals surface area contributed by atoms with E-state index in [-0.39, 0.29) is 0 Å². The van der Waals surface area contributed by atoms with Gasteiger partial charge in [0.05, 0.1) is 16.9 Å². The molecule has 0 spiro atoms. The minimum Gasteiger partial charge on any atom is -0.346 e. The van der Waals surface area contributed by atoms with Gasteiger partial charge in [-0.15, -0.1) is 11.3 Å². The van der Waals surface area contributed by atoms with Gasteiger partial charge in [-0.3, -0.25) is 19.9 Å². The van der Waals surface area contributed by atoms with Gasteiger partial charge in [0.25, 0.3) is 0 Å². The third-order valence-electron chi connectivity index (χ3n) is 4.72. The van der Waals surface area contributed by atoms with E-state index in [1.807, 2.05) is 24.0 Å². The summed E-state index contributed by atoms with van der Waals surface area (Å²) in [6.45, 7) is 6.81. The summed E-state index contributed by atoms with van der Waals surface area (Å²) in [5.41, 5.74) is 4.71. The molecular formula is C17H21N7S. The number of thiazole rings is 1. The molecule has 25 heavy (non-hydrogen) atoms. The fourth-order valence-corrected chi connectivity index (χ4v) is 4.24. The Balaban J connectivity index is 1.62. The minimum absolute atomic E-state index is 0.300. The normalized spacial score (nSPS) is 22.8. The van der Waals surface area contributed by atoms with Crippen LogP contribution in [0.2, 0.25) is 0 Å². The third-order valence-corrected chi connectivity index (χ3v) is 5.48. The smallest absolute Gasteiger partial charge is 0.141 e. The van der Waals surface area contributed by atoms with Crippen molar-refractivity contribution in [3.8, 4) is 0 Å². The van der Waals surface area contributed by atoms with Gasteiger partial charge in [0, 0.05) is 41.8 Å². The summed E-state index contributed by atoms with van der Waals surface area (Å²) in [5, 5.41) is 1.56. The van der Waals surface area contributed by atoms with E-state index in [4.69, 9.17) is 5.84 Å². The highest BCUT2D eigenvalue weighted by atomic mass is 32.1. The summed E-state index contributed by atoms with van der Waals surface area (Å²) in [4.78, 5) is 19.8. The van der Waals surface area contributed by atoms with Gasteiger partial charge in [-0.2, -0.15) is 0 Å². The molecule has 1 unspecified atom stereocenters. The number of aromatic amines is 1. The first kappa shape index (κ1) is 16.2. The van der Waals surface area contributed by atoms with E-state index in [1.54, 1.807) is 22.7 Å². The number of aliphatic imine (C=N–C) groups is 2. The van der Waals surface area contributed by atoms with E-state index in [2.05, 4.69) is 31.6 Å². The SMILES string of the molecule is C=N/C(=C1/c2cc[nH]c2N=CN1N)C1CCCN(Cc2cncs2)C1. The molecule has 0 aromatic carbocycles. The number of aromatic nitrogens is 2. The number of nitrogens with one attached hydrogen (secondary N) is 1. The number of hydrogen-bond acceptors (Lipinski definition) is 7. The van der Waals surface area contributed by atoms with E-state index in [0.717, 1.165) is 55.3 Å². The molecule has 0 amide bonds. The highest BCUT2D eigenvalue weighted by Crippen LogP contribution is 2.37. The van der Waals surface area contributed by atoms with Gasteiger partial charge in [0.1, 0.15) is 12.2 Å². The number of rotatable bonds is 4. The van der Waals surface area contributed by atoms with Gasteiger partial charge in [-0.1, -0.05) is 0 Å². The van der Waals surface area contributed by atoms with Gasteiger partial charge in [-0.05, 0) is 32.2 Å². The Labute approximate surface area is 150 Å². The summed E-state index contributed by atoms with van der Waals surface area (Å²) in [6.07, 6.45) is 7.66. The molecule has 130 valence electrons. The van der Waals surface area contributed by atoms with Crippen molar-refractivity contribution >= 4 is 35.9 Å². The maximum absolute atomic E-state index is 6.18. The molecule has 4 heterocycles. The van der Waals surface area contributed by atoms with Crippen molar-refractivity contribution in [3.63, 3.8) is 0 Å². The highest BCUT2D eigenvalue weighted by Gasteiger charge is 2.29. The van der Waals surface area contributed by atoms with Gasteiger partial charge >= 0.3 is 0 Å². The molecule has 0 bridgehead atoms. The lowest BCUT2D eigenvalue weighted by Gasteiger charge is -2.34. The first-order valence-electron chi connectivity index (χ1n) is 8.32. The van der Waals surface area contributed by atoms with Crippen molar-refractivity contribution in [1.29, 1.82) is 0 Å². The van der Waals surface area contributed by atoms with Gasteiger partial charge in [-0.25, -0.2) is 10.8 Å². The van der Waals surface area contributed by atoms with Crippen LogP contribution in [0, 0.1) is 5.92 Å². The number of fused-ring (bicyclic) bond motifs is 1. The van der Waals surface area contributed by atoms with Crippen LogP contribution in [0.1, 0.15) is 23.3 Å². The zero-order valence-electron chi connectivity index (χ0n) is 13.9. The quantitative estimate of drug-likeness (QED) is 0.652. The van der Waals surface area contributed by atoms with E-state index in [1.165, 1.54) is 4.88 Å². The fraction of sp³-hybridized carbons (Fsp3) is 0.353. The lowest BCUT2D eigenvalue weighted by atomic mass is 9.92. The first-order chi connectivity index (χ1) is 12.3. The molecule has 0 aliphatic carbocycles. The number of nitrogens with zero attached hydrogens (tertiary/aromatic N) is 5. The van der Waals surface area contributed by atoms with Gasteiger partial charge in [0.2, 0.25) is 0 Å². The predicted molar refractivity (Wildman–Crippen MR) is 102 cm³/mol. The van der Waals surface area contributed by atoms with Crippen LogP contribution in [-0.4, -0.2) is 46.0 Å². The standard InChI is InChI=1S/C17H21N7S/c1-19-15(16-14-4-5-21-17(14)22-10-24(16)18)12-3-2-6-23(8-12)9-13-7-20-11-25-13/h4-5,7,10-12,21H,1-3,6,8-9,18H2/b16-15-. The number of hydrazine groups is 1. The summed E-state index contributed by atoms with van der Waals surface area (Å²) in [7, 11) is 0. The zero-order chi connectivity index (χ0) is 17.2. The first-order valence-corrected chi connectivity index (χ1v) is 9.20. The Hall–Kier alpha value is -2.29. The van der Waals surface area contributed by atoms with Crippen molar-refractivity contribution in [3.05, 3.63) is 40.1 Å². The van der Waals surface area contributed by atoms with Crippen LogP contribution in [0.25, 0.3) is 5.70 Å². The van der Waals surface area contributed by atoms with E-state index >= 15 is 0 Å². The number of nitrogens with two attached hydrogens (primary N) is 1. The molecule has 0 saturated carbocycles. The topological polar surface area (TPSA) is 85.9 Å². The Morgan fingerprint density at radius 1 is 1.52 bits per heavy atom.